The molecule has 1 aliphatic rings. The first-order valence-electron chi connectivity index (χ1n) is 5.15. The number of carbonyl (C=O) groups is 1. The van der Waals surface area contributed by atoms with Gasteiger partial charge >= 0.3 is 0 Å². The number of nitro groups is 1. The van der Waals surface area contributed by atoms with Gasteiger partial charge in [-0.05, 0) is 24.4 Å². The number of nitrogens with one attached hydrogen (secondary N) is 1. The molecule has 1 aliphatic heterocycles. The molecule has 0 atom stereocenters. The molecule has 1 heterocycles. The van der Waals surface area contributed by atoms with Gasteiger partial charge in [0.2, 0.25) is 0 Å². The van der Waals surface area contributed by atoms with Gasteiger partial charge in [-0.25, -0.2) is 0 Å². The highest BCUT2D eigenvalue weighted by atomic mass is 35.5. The fourth-order valence-electron chi connectivity index (χ4n) is 1.53. The lowest BCUT2D eigenvalue weighted by atomic mass is 10.1. The summed E-state index contributed by atoms with van der Waals surface area (Å²) in [7, 11) is 1.54. The summed E-state index contributed by atoms with van der Waals surface area (Å²) in [6.45, 7) is 0. The Bertz CT molecular complexity index is 630. The van der Waals surface area contributed by atoms with Crippen molar-refractivity contribution in [1.29, 1.82) is 0 Å². The van der Waals surface area contributed by atoms with Gasteiger partial charge in [0.1, 0.15) is 5.70 Å². The van der Waals surface area contributed by atoms with Crippen LogP contribution in [0.5, 0.6) is 0 Å². The van der Waals surface area contributed by atoms with Crippen LogP contribution in [0.25, 0.3) is 6.08 Å². The highest BCUT2D eigenvalue weighted by molar-refractivity contribution is 7.80. The standard InChI is InChI=1S/C11H8ClN3O3S/c1-14-10(16)9(13-11(14)19)5-6-4-7(15(17)18)2-3-8(6)12/h2-5H,1H3,(H,13,19)/b9-5+. The number of thiocarbonyl (C=S) groups is 1. The lowest BCUT2D eigenvalue weighted by molar-refractivity contribution is -0.384. The molecule has 0 aromatic heterocycles. The molecule has 1 saturated heterocycles. The number of amides is 1. The number of hydrogen-bond donors (Lipinski definition) is 1. The number of likely N-dealkylation sites (N-methyl/N-ethyl adjacent to an activating group) is 1. The fraction of sp³-hybridized carbons (Fsp3) is 0.0909. The summed E-state index contributed by atoms with van der Waals surface area (Å²) in [4.78, 5) is 23.2. The zero-order valence-corrected chi connectivity index (χ0v) is 11.3. The van der Waals surface area contributed by atoms with Crippen LogP contribution in [0.1, 0.15) is 5.56 Å². The Kier molecular flexibility index (Phi) is 3.50. The van der Waals surface area contributed by atoms with Gasteiger partial charge in [-0.3, -0.25) is 19.8 Å². The van der Waals surface area contributed by atoms with Gasteiger partial charge < -0.3 is 5.32 Å². The van der Waals surface area contributed by atoms with E-state index in [9.17, 15) is 14.9 Å². The van der Waals surface area contributed by atoms with Crippen LogP contribution < -0.4 is 5.32 Å². The Morgan fingerprint density at radius 1 is 1.53 bits per heavy atom. The third-order valence-corrected chi connectivity index (χ3v) is 3.29. The van der Waals surface area contributed by atoms with Crippen LogP contribution in [0, 0.1) is 10.1 Å². The van der Waals surface area contributed by atoms with E-state index >= 15 is 0 Å². The topological polar surface area (TPSA) is 75.5 Å². The molecular weight excluding hydrogens is 290 g/mol. The van der Waals surface area contributed by atoms with Crippen molar-refractivity contribution in [2.45, 2.75) is 0 Å². The average Bonchev–Trinajstić information content (AvgIpc) is 2.59. The molecule has 2 rings (SSSR count). The van der Waals surface area contributed by atoms with E-state index in [2.05, 4.69) is 5.32 Å². The van der Waals surface area contributed by atoms with Crippen LogP contribution in [-0.4, -0.2) is 27.9 Å². The van der Waals surface area contributed by atoms with Crippen molar-refractivity contribution in [3.63, 3.8) is 0 Å². The molecule has 1 fully saturated rings. The zero-order valence-electron chi connectivity index (χ0n) is 9.71. The summed E-state index contributed by atoms with van der Waals surface area (Å²) in [5.74, 6) is -0.312. The Morgan fingerprint density at radius 3 is 2.74 bits per heavy atom. The quantitative estimate of drug-likeness (QED) is 0.391. The third kappa shape index (κ3) is 2.56. The van der Waals surface area contributed by atoms with Gasteiger partial charge in [0.15, 0.2) is 5.11 Å². The highest BCUT2D eigenvalue weighted by Crippen LogP contribution is 2.25. The van der Waals surface area contributed by atoms with Gasteiger partial charge in [-0.15, -0.1) is 0 Å². The number of benzene rings is 1. The molecular formula is C11H8ClN3O3S. The van der Waals surface area contributed by atoms with Gasteiger partial charge in [-0.2, -0.15) is 0 Å². The molecule has 1 aromatic carbocycles. The van der Waals surface area contributed by atoms with Crippen molar-refractivity contribution >= 4 is 46.6 Å². The van der Waals surface area contributed by atoms with E-state index in [0.717, 1.165) is 0 Å². The van der Waals surface area contributed by atoms with Crippen LogP contribution in [0.2, 0.25) is 5.02 Å². The summed E-state index contributed by atoms with van der Waals surface area (Å²) in [5.41, 5.74) is 0.511. The maximum atomic E-state index is 11.8. The first-order chi connectivity index (χ1) is 8.90. The lowest BCUT2D eigenvalue weighted by Crippen LogP contribution is -2.25. The lowest BCUT2D eigenvalue weighted by Gasteiger charge is -2.02. The second-order valence-corrected chi connectivity index (χ2v) is 4.61. The zero-order chi connectivity index (χ0) is 14.2. The molecule has 19 heavy (non-hydrogen) atoms. The van der Waals surface area contributed by atoms with Crippen molar-refractivity contribution < 1.29 is 9.72 Å². The largest absolute Gasteiger partial charge is 0.328 e. The Hall–Kier alpha value is -1.99. The molecule has 1 aromatic rings. The van der Waals surface area contributed by atoms with E-state index < -0.39 is 4.92 Å². The maximum Gasteiger partial charge on any atom is 0.276 e. The predicted molar refractivity (Wildman–Crippen MR) is 74.6 cm³/mol. The summed E-state index contributed by atoms with van der Waals surface area (Å²) < 4.78 is 0. The van der Waals surface area contributed by atoms with E-state index in [1.54, 1.807) is 0 Å². The van der Waals surface area contributed by atoms with Crippen molar-refractivity contribution in [2.75, 3.05) is 7.05 Å². The monoisotopic (exact) mass is 297 g/mol. The molecule has 0 spiro atoms. The summed E-state index contributed by atoms with van der Waals surface area (Å²) in [6, 6.07) is 4.00. The van der Waals surface area contributed by atoms with Crippen LogP contribution in [0.3, 0.4) is 0 Å². The summed E-state index contributed by atoms with van der Waals surface area (Å²) in [6.07, 6.45) is 1.44. The molecule has 0 unspecified atom stereocenters. The molecule has 0 saturated carbocycles. The molecule has 6 nitrogen and oxygen atoms in total. The minimum atomic E-state index is -0.529. The second kappa shape index (κ2) is 4.94. The fourth-order valence-corrected chi connectivity index (χ4v) is 1.90. The van der Waals surface area contributed by atoms with E-state index in [-0.39, 0.29) is 22.4 Å². The van der Waals surface area contributed by atoms with Crippen LogP contribution in [-0.2, 0) is 4.79 Å². The number of non-ortho nitro benzene ring substituents is 1. The van der Waals surface area contributed by atoms with Crippen molar-refractivity contribution in [2.24, 2.45) is 0 Å². The summed E-state index contributed by atoms with van der Waals surface area (Å²) >= 11 is 10.9. The van der Waals surface area contributed by atoms with Gasteiger partial charge in [-0.1, -0.05) is 11.6 Å². The van der Waals surface area contributed by atoms with E-state index in [1.165, 1.54) is 36.2 Å². The van der Waals surface area contributed by atoms with E-state index in [4.69, 9.17) is 23.8 Å². The normalized spacial score (nSPS) is 16.9. The first-order valence-corrected chi connectivity index (χ1v) is 5.93. The molecule has 1 amide bonds. The number of nitrogens with zero attached hydrogens (tertiary/aromatic N) is 2. The second-order valence-electron chi connectivity index (χ2n) is 3.82. The third-order valence-electron chi connectivity index (χ3n) is 2.57. The maximum absolute atomic E-state index is 11.8. The average molecular weight is 298 g/mol. The van der Waals surface area contributed by atoms with Crippen LogP contribution >= 0.6 is 23.8 Å². The smallest absolute Gasteiger partial charge is 0.276 e. The van der Waals surface area contributed by atoms with Crippen molar-refractivity contribution in [1.82, 2.24) is 10.2 Å². The molecule has 8 heteroatoms. The minimum absolute atomic E-state index is 0.0994. The minimum Gasteiger partial charge on any atom is -0.328 e. The van der Waals surface area contributed by atoms with Crippen molar-refractivity contribution in [3.05, 3.63) is 44.6 Å². The number of rotatable bonds is 2. The van der Waals surface area contributed by atoms with Gasteiger partial charge in [0.25, 0.3) is 11.6 Å². The van der Waals surface area contributed by atoms with Crippen LogP contribution in [0.4, 0.5) is 5.69 Å². The number of hydrogen-bond acceptors (Lipinski definition) is 4. The highest BCUT2D eigenvalue weighted by Gasteiger charge is 2.27. The number of nitro benzene ring substituents is 1. The van der Waals surface area contributed by atoms with E-state index in [1.807, 2.05) is 0 Å². The SMILES string of the molecule is CN1C(=O)/C(=C\c2cc([N+](=O)[O-])ccc2Cl)NC1=S. The number of halogens is 1. The Balaban J connectivity index is 2.43. The predicted octanol–water partition coefficient (Wildman–Crippen LogP) is 1.94. The van der Waals surface area contributed by atoms with E-state index in [0.29, 0.717) is 10.6 Å². The van der Waals surface area contributed by atoms with Gasteiger partial charge in [0, 0.05) is 29.8 Å². The molecule has 0 bridgehead atoms. The molecule has 0 aliphatic carbocycles. The Morgan fingerprint density at radius 2 is 2.21 bits per heavy atom. The van der Waals surface area contributed by atoms with Crippen LogP contribution in [0.15, 0.2) is 23.9 Å². The first kappa shape index (κ1) is 13.4. The Labute approximate surface area is 118 Å². The molecule has 1 N–H and O–H groups in total. The molecule has 98 valence electrons. The summed E-state index contributed by atoms with van der Waals surface area (Å²) in [5, 5.41) is 14.0. The van der Waals surface area contributed by atoms with Gasteiger partial charge in [0.05, 0.1) is 4.92 Å². The number of carbonyl (C=O) groups excluding carboxylic acids is 1. The molecule has 0 radical (unpaired) electrons. The van der Waals surface area contributed by atoms with Crippen molar-refractivity contribution in [3.8, 4) is 0 Å².